The Kier molecular flexibility index (Phi) is 9.73. The maximum atomic E-state index is 6.17. The minimum absolute atomic E-state index is 0.690. The molecule has 0 heterocycles. The summed E-state index contributed by atoms with van der Waals surface area (Å²) in [4.78, 5) is 0. The normalized spacial score (nSPS) is 11.6. The van der Waals surface area contributed by atoms with Crippen molar-refractivity contribution in [1.29, 1.82) is 0 Å². The number of rotatable bonds is 13. The Morgan fingerprint density at radius 3 is 1.83 bits per heavy atom. The average Bonchev–Trinajstić information content (AvgIpc) is 2.93. The molecule has 0 fully saturated rings. The van der Waals surface area contributed by atoms with Crippen LogP contribution in [0.3, 0.4) is 0 Å². The van der Waals surface area contributed by atoms with Gasteiger partial charge in [0, 0.05) is 5.39 Å². The molecule has 0 N–H and O–H groups in total. The maximum Gasteiger partial charge on any atom is 0.147 e. The van der Waals surface area contributed by atoms with Gasteiger partial charge < -0.3 is 4.74 Å². The summed E-state index contributed by atoms with van der Waals surface area (Å²) in [6.07, 6.45) is 8.79. The topological polar surface area (TPSA) is 58.7 Å². The highest BCUT2D eigenvalue weighted by Gasteiger charge is 2.09. The van der Waals surface area contributed by atoms with Crippen LogP contribution in [0.4, 0.5) is 22.7 Å². The Balaban J connectivity index is 1.42. The van der Waals surface area contributed by atoms with E-state index < -0.39 is 0 Å². The fourth-order valence-corrected chi connectivity index (χ4v) is 4.00. The number of unbranched alkanes of at least 4 members (excludes halogenated alkanes) is 6. The van der Waals surface area contributed by atoms with Crippen LogP contribution in [0.1, 0.15) is 51.9 Å². The van der Waals surface area contributed by atoms with Crippen molar-refractivity contribution in [2.45, 2.75) is 51.9 Å². The number of hydrogen-bond acceptors (Lipinski definition) is 5. The van der Waals surface area contributed by atoms with Gasteiger partial charge in [0.15, 0.2) is 0 Å². The zero-order valence-corrected chi connectivity index (χ0v) is 21.0. The summed E-state index contributed by atoms with van der Waals surface area (Å²) in [5.41, 5.74) is 3.10. The fraction of sp³-hybridized carbons (Fsp3) is 0.290. The first-order valence-electron chi connectivity index (χ1n) is 13.0. The largest absolute Gasteiger partial charge is 0.491 e. The van der Waals surface area contributed by atoms with Gasteiger partial charge in [-0.1, -0.05) is 94.0 Å². The van der Waals surface area contributed by atoms with E-state index in [1.54, 1.807) is 0 Å². The summed E-state index contributed by atoms with van der Waals surface area (Å²) in [5.74, 6) is 0.775. The lowest BCUT2D eigenvalue weighted by Gasteiger charge is -2.11. The van der Waals surface area contributed by atoms with Crippen LogP contribution in [0.25, 0.3) is 10.8 Å². The summed E-state index contributed by atoms with van der Waals surface area (Å²) in [6, 6.07) is 29.6. The Labute approximate surface area is 214 Å². The molecule has 0 aliphatic heterocycles. The van der Waals surface area contributed by atoms with E-state index in [4.69, 9.17) is 4.74 Å². The molecule has 0 bridgehead atoms. The second-order valence-electron chi connectivity index (χ2n) is 8.86. The van der Waals surface area contributed by atoms with Gasteiger partial charge in [0.2, 0.25) is 0 Å². The highest BCUT2D eigenvalue weighted by molar-refractivity contribution is 5.95. The van der Waals surface area contributed by atoms with Gasteiger partial charge in [0.1, 0.15) is 11.4 Å². The Bertz CT molecular complexity index is 1270. The van der Waals surface area contributed by atoms with E-state index in [0.29, 0.717) is 6.61 Å². The molecule has 0 spiro atoms. The van der Waals surface area contributed by atoms with Crippen LogP contribution in [0.15, 0.2) is 111 Å². The van der Waals surface area contributed by atoms with E-state index in [0.717, 1.165) is 45.7 Å². The van der Waals surface area contributed by atoms with Crippen molar-refractivity contribution < 1.29 is 4.74 Å². The predicted molar refractivity (Wildman–Crippen MR) is 149 cm³/mol. The quantitative estimate of drug-likeness (QED) is 0.139. The van der Waals surface area contributed by atoms with Crippen molar-refractivity contribution in [2.75, 3.05) is 6.61 Å². The third-order valence-electron chi connectivity index (χ3n) is 6.02. The van der Waals surface area contributed by atoms with Crippen LogP contribution < -0.4 is 4.74 Å². The second kappa shape index (κ2) is 13.9. The molecule has 184 valence electrons. The molecule has 0 aliphatic rings. The average molecular weight is 479 g/mol. The van der Waals surface area contributed by atoms with Gasteiger partial charge in [0.25, 0.3) is 0 Å². The van der Waals surface area contributed by atoms with Gasteiger partial charge in [-0.15, -0.1) is 5.11 Å². The molecule has 0 unspecified atom stereocenters. The lowest BCUT2D eigenvalue weighted by molar-refractivity contribution is 0.305. The van der Waals surface area contributed by atoms with Crippen molar-refractivity contribution in [3.8, 4) is 5.75 Å². The van der Waals surface area contributed by atoms with Crippen molar-refractivity contribution in [2.24, 2.45) is 20.5 Å². The summed E-state index contributed by atoms with van der Waals surface area (Å²) in [5, 5.41) is 19.8. The number of nitrogens with zero attached hydrogens (tertiary/aromatic N) is 4. The highest BCUT2D eigenvalue weighted by Crippen LogP contribution is 2.37. The minimum Gasteiger partial charge on any atom is -0.491 e. The molecule has 5 heteroatoms. The standard InChI is InChI=1S/C31H34N4O/c1-2-3-4-5-6-7-13-24-36-30-23-18-25-14-11-12-17-29(25)31(30)35-34-28-21-19-27(20-22-28)33-32-26-15-9-8-10-16-26/h8-12,14-23H,2-7,13,24H2,1H3. The predicted octanol–water partition coefficient (Wildman–Crippen LogP) is 10.8. The van der Waals surface area contributed by atoms with Crippen molar-refractivity contribution in [3.63, 3.8) is 0 Å². The van der Waals surface area contributed by atoms with E-state index in [-0.39, 0.29) is 0 Å². The van der Waals surface area contributed by atoms with Crippen LogP contribution in [0.2, 0.25) is 0 Å². The number of hydrogen-bond donors (Lipinski definition) is 0. The molecule has 0 radical (unpaired) electrons. The third-order valence-corrected chi connectivity index (χ3v) is 6.02. The van der Waals surface area contributed by atoms with Crippen molar-refractivity contribution in [1.82, 2.24) is 0 Å². The summed E-state index contributed by atoms with van der Waals surface area (Å²) in [7, 11) is 0. The Morgan fingerprint density at radius 2 is 1.11 bits per heavy atom. The first kappa shape index (κ1) is 25.2. The first-order chi connectivity index (χ1) is 17.8. The van der Waals surface area contributed by atoms with E-state index in [9.17, 15) is 0 Å². The van der Waals surface area contributed by atoms with Crippen LogP contribution >= 0.6 is 0 Å². The van der Waals surface area contributed by atoms with Crippen molar-refractivity contribution >= 4 is 33.5 Å². The Hall–Kier alpha value is -3.86. The van der Waals surface area contributed by atoms with Crippen LogP contribution in [0.5, 0.6) is 5.75 Å². The molecule has 36 heavy (non-hydrogen) atoms. The van der Waals surface area contributed by atoms with Crippen LogP contribution in [-0.2, 0) is 0 Å². The zero-order chi connectivity index (χ0) is 24.8. The maximum absolute atomic E-state index is 6.17. The SMILES string of the molecule is CCCCCCCCCOc1ccc2ccccc2c1N=Nc1ccc(N=Nc2ccccc2)cc1. The number of benzene rings is 4. The molecular weight excluding hydrogens is 444 g/mol. The summed E-state index contributed by atoms with van der Waals surface area (Å²) >= 11 is 0. The summed E-state index contributed by atoms with van der Waals surface area (Å²) in [6.45, 7) is 2.94. The molecular formula is C31H34N4O. The third kappa shape index (κ3) is 7.57. The van der Waals surface area contributed by atoms with E-state index >= 15 is 0 Å². The molecule has 0 amide bonds. The lowest BCUT2D eigenvalue weighted by Crippen LogP contribution is -1.98. The fourth-order valence-electron chi connectivity index (χ4n) is 4.00. The van der Waals surface area contributed by atoms with Gasteiger partial charge >= 0.3 is 0 Å². The van der Waals surface area contributed by atoms with Gasteiger partial charge in [-0.2, -0.15) is 15.3 Å². The Morgan fingerprint density at radius 1 is 0.528 bits per heavy atom. The molecule has 4 rings (SSSR count). The molecule has 5 nitrogen and oxygen atoms in total. The number of fused-ring (bicyclic) bond motifs is 1. The molecule has 4 aromatic rings. The van der Waals surface area contributed by atoms with Gasteiger partial charge in [0.05, 0.1) is 23.7 Å². The highest BCUT2D eigenvalue weighted by atomic mass is 16.5. The molecule has 0 aliphatic carbocycles. The lowest BCUT2D eigenvalue weighted by atomic mass is 10.1. The first-order valence-corrected chi connectivity index (χ1v) is 13.0. The monoisotopic (exact) mass is 478 g/mol. The van der Waals surface area contributed by atoms with Gasteiger partial charge in [-0.3, -0.25) is 0 Å². The van der Waals surface area contributed by atoms with Crippen LogP contribution in [-0.4, -0.2) is 6.61 Å². The number of azo groups is 2. The zero-order valence-electron chi connectivity index (χ0n) is 21.0. The van der Waals surface area contributed by atoms with Crippen molar-refractivity contribution in [3.05, 3.63) is 91.0 Å². The molecule has 0 saturated heterocycles. The second-order valence-corrected chi connectivity index (χ2v) is 8.86. The minimum atomic E-state index is 0.690. The summed E-state index contributed by atoms with van der Waals surface area (Å²) < 4.78 is 6.17. The van der Waals surface area contributed by atoms with E-state index in [1.807, 2.05) is 72.8 Å². The van der Waals surface area contributed by atoms with Crippen LogP contribution in [0, 0.1) is 0 Å². The smallest absolute Gasteiger partial charge is 0.147 e. The van der Waals surface area contributed by atoms with E-state index in [1.165, 1.54) is 38.5 Å². The molecule has 0 atom stereocenters. The molecule has 0 aromatic heterocycles. The van der Waals surface area contributed by atoms with Gasteiger partial charge in [-0.05, 0) is 54.3 Å². The number of ether oxygens (including phenoxy) is 1. The van der Waals surface area contributed by atoms with Gasteiger partial charge in [-0.25, -0.2) is 0 Å². The van der Waals surface area contributed by atoms with E-state index in [2.05, 4.69) is 45.6 Å². The molecule has 4 aromatic carbocycles. The molecule has 0 saturated carbocycles.